The lowest BCUT2D eigenvalue weighted by atomic mass is 9.58. The van der Waals surface area contributed by atoms with Gasteiger partial charge < -0.3 is 0 Å². The highest BCUT2D eigenvalue weighted by Gasteiger charge is 2.28. The molecule has 0 saturated heterocycles. The van der Waals surface area contributed by atoms with E-state index in [-0.39, 0.29) is 0 Å². The van der Waals surface area contributed by atoms with E-state index in [1.807, 2.05) is 0 Å². The molecule has 20 heteroatoms. The van der Waals surface area contributed by atoms with E-state index in [1.54, 1.807) is 0 Å². The van der Waals surface area contributed by atoms with Crippen LogP contribution in [0.1, 0.15) is 5.82 Å². The number of imidazole rings is 1. The summed E-state index contributed by atoms with van der Waals surface area (Å²) in [6, 6.07) is 25.3. The van der Waals surface area contributed by atoms with Crippen LogP contribution in [0.4, 0.5) is 0 Å². The van der Waals surface area contributed by atoms with Crippen molar-refractivity contribution in [3.05, 3.63) is 72.6 Å². The Kier molecular flexibility index (Phi) is 11.6. The van der Waals surface area contributed by atoms with Crippen molar-refractivity contribution < 1.29 is 0 Å². The van der Waals surface area contributed by atoms with Crippen LogP contribution < -0.4 is 98.3 Å². The summed E-state index contributed by atoms with van der Waals surface area (Å²) in [7, 11) is 42.1. The molecule has 0 N–H and O–H groups in total. The third-order valence-corrected chi connectivity index (χ3v) is 17.3. The lowest BCUT2D eigenvalue weighted by Gasteiger charge is -2.29. The predicted octanol–water partition coefficient (Wildman–Crippen LogP) is -19.0. The highest BCUT2D eigenvalue weighted by atomic mass is 15.1. The van der Waals surface area contributed by atoms with Gasteiger partial charge >= 0.3 is 0 Å². The van der Waals surface area contributed by atoms with Crippen LogP contribution in [0.3, 0.4) is 0 Å². The van der Waals surface area contributed by atoms with E-state index < -0.39 is 0 Å². The van der Waals surface area contributed by atoms with Crippen molar-refractivity contribution >= 4 is 272 Å². The Hall–Kier alpha value is -5.08. The number of fused-ring (bicyclic) bond motifs is 3. The third kappa shape index (κ3) is 6.61. The number of hydrogen-bond donors (Lipinski definition) is 0. The standard InChI is InChI=1S/C46H50B18N2/c1-13-65-18-7-3-5-9-20(18)66(13)19-8-4-2-6-17(19)24-27-25(33(51)41(59)43(61)35(27)53)21(26-28(24)36(54)44(62)42(60)34(26)52)14-10-15(22-29(47)37(55)45(63)38(56)30(22)48)12-16(11-14)23-31(49)39(57)46(64)40(58)32(23)50/h2-12H,47-64H2,1H3. The fraction of sp³-hybridized carbons (Fsp3) is 0.0217. The second kappa shape index (κ2) is 16.6. The van der Waals surface area contributed by atoms with Crippen LogP contribution in [-0.4, -0.2) is 151 Å². The van der Waals surface area contributed by atoms with Crippen molar-refractivity contribution in [3.63, 3.8) is 0 Å². The van der Waals surface area contributed by atoms with E-state index in [9.17, 15) is 0 Å². The topological polar surface area (TPSA) is 17.8 Å². The Morgan fingerprint density at radius 2 is 0.652 bits per heavy atom. The quantitative estimate of drug-likeness (QED) is 0.125. The molecule has 0 aliphatic rings. The summed E-state index contributed by atoms with van der Waals surface area (Å²) in [5.74, 6) is 0.984. The summed E-state index contributed by atoms with van der Waals surface area (Å²) in [5.41, 5.74) is 38.3. The van der Waals surface area contributed by atoms with Gasteiger partial charge in [-0.25, -0.2) is 4.98 Å². The first-order valence-corrected chi connectivity index (χ1v) is 24.0. The molecule has 0 aliphatic heterocycles. The van der Waals surface area contributed by atoms with Gasteiger partial charge in [-0.1, -0.05) is 74.0 Å². The first-order valence-electron chi connectivity index (χ1n) is 24.0. The van der Waals surface area contributed by atoms with Crippen LogP contribution in [0.25, 0.3) is 82.8 Å². The van der Waals surface area contributed by atoms with E-state index >= 15 is 0 Å². The molecule has 66 heavy (non-hydrogen) atoms. The van der Waals surface area contributed by atoms with Crippen molar-refractivity contribution in [2.45, 2.75) is 6.92 Å². The van der Waals surface area contributed by atoms with E-state index in [1.165, 1.54) is 164 Å². The van der Waals surface area contributed by atoms with Crippen LogP contribution in [0.5, 0.6) is 0 Å². The molecule has 9 rings (SSSR count). The maximum absolute atomic E-state index is 5.10. The van der Waals surface area contributed by atoms with Gasteiger partial charge in [-0.05, 0) is 104 Å². The molecule has 8 aromatic carbocycles. The van der Waals surface area contributed by atoms with E-state index in [0.29, 0.717) is 0 Å². The Balaban J connectivity index is 1.56. The molecule has 298 valence electrons. The van der Waals surface area contributed by atoms with E-state index in [2.05, 4.69) is 219 Å². The summed E-state index contributed by atoms with van der Waals surface area (Å²) in [6.07, 6.45) is 0. The zero-order valence-electron chi connectivity index (χ0n) is 43.2. The Labute approximate surface area is 408 Å². The molecule has 0 unspecified atom stereocenters. The molecule has 0 spiro atoms. The summed E-state index contributed by atoms with van der Waals surface area (Å²) in [6.45, 7) is 2.15. The molecule has 0 aliphatic carbocycles. The predicted molar refractivity (Wildman–Crippen MR) is 350 cm³/mol. The van der Waals surface area contributed by atoms with Crippen molar-refractivity contribution in [2.75, 3.05) is 0 Å². The fourth-order valence-corrected chi connectivity index (χ4v) is 11.9. The van der Waals surface area contributed by atoms with Gasteiger partial charge in [-0.2, -0.15) is 0 Å². The Morgan fingerprint density at radius 1 is 0.333 bits per heavy atom. The number of aryl methyl sites for hydroxylation is 1. The van der Waals surface area contributed by atoms with Gasteiger partial charge in [0.2, 0.25) is 0 Å². The van der Waals surface area contributed by atoms with Crippen LogP contribution in [0, 0.1) is 6.92 Å². The Bertz CT molecular complexity index is 3430. The third-order valence-electron chi connectivity index (χ3n) is 17.3. The highest BCUT2D eigenvalue weighted by molar-refractivity contribution is 6.73. The molecule has 0 fully saturated rings. The second-order valence-corrected chi connectivity index (χ2v) is 20.0. The van der Waals surface area contributed by atoms with Crippen molar-refractivity contribution in [1.29, 1.82) is 0 Å². The summed E-state index contributed by atoms with van der Waals surface area (Å²) >= 11 is 0. The molecule has 0 radical (unpaired) electrons. The zero-order chi connectivity index (χ0) is 47.7. The number of hydrogen-bond acceptors (Lipinski definition) is 1. The molecule has 1 heterocycles. The van der Waals surface area contributed by atoms with Gasteiger partial charge in [0.15, 0.2) is 0 Å². The molecule has 2 nitrogen and oxygen atoms in total. The average molecular weight is 826 g/mol. The molecule has 9 aromatic rings. The number of benzene rings is 8. The van der Waals surface area contributed by atoms with Crippen molar-refractivity contribution in [2.24, 2.45) is 0 Å². The van der Waals surface area contributed by atoms with Gasteiger partial charge in [0, 0.05) is 5.56 Å². The SMILES string of the molecule is Bc1c(B)c(B)c(-c2cc(-c3c(B)c(B)c(B)c(B)c3B)cc(-c3c4c(B)c(B)c(B)c(B)c4c(-c4ccccc4-n4c(C)nc5ccccc54)c4c(B)c(B)c(B)c(B)c34)c2)c(B)c1B. The highest BCUT2D eigenvalue weighted by Crippen LogP contribution is 2.44. The average Bonchev–Trinajstić information content (AvgIpc) is 3.65. The smallest absolute Gasteiger partial charge is 0.139 e. The second-order valence-electron chi connectivity index (χ2n) is 20.0. The molecular formula is C46H50B18N2. The van der Waals surface area contributed by atoms with Crippen LogP contribution in [-0.2, 0) is 0 Å². The van der Waals surface area contributed by atoms with E-state index in [0.717, 1.165) is 22.5 Å². The van der Waals surface area contributed by atoms with Crippen LogP contribution >= 0.6 is 0 Å². The molecule has 0 saturated carbocycles. The monoisotopic (exact) mass is 829 g/mol. The fourth-order valence-electron chi connectivity index (χ4n) is 11.9. The van der Waals surface area contributed by atoms with Gasteiger partial charge in [-0.15, -0.1) is 54.6 Å². The number of nitrogens with zero attached hydrogens (tertiary/aromatic N) is 2. The Morgan fingerprint density at radius 3 is 1.08 bits per heavy atom. The minimum atomic E-state index is 0.984. The summed E-state index contributed by atoms with van der Waals surface area (Å²) < 4.78 is 2.38. The van der Waals surface area contributed by atoms with Crippen molar-refractivity contribution in [1.82, 2.24) is 9.55 Å². The molecule has 0 amide bonds. The van der Waals surface area contributed by atoms with Crippen LogP contribution in [0.15, 0.2) is 66.7 Å². The summed E-state index contributed by atoms with van der Waals surface area (Å²) in [4.78, 5) is 5.10. The maximum Gasteiger partial charge on any atom is 0.139 e. The van der Waals surface area contributed by atoms with Gasteiger partial charge in [0.05, 0.1) is 16.7 Å². The lowest BCUT2D eigenvalue weighted by Crippen LogP contribution is -2.55. The molecular weight excluding hydrogens is 775 g/mol. The first-order chi connectivity index (χ1) is 31.2. The molecule has 0 atom stereocenters. The van der Waals surface area contributed by atoms with E-state index in [4.69, 9.17) is 4.98 Å². The summed E-state index contributed by atoms with van der Waals surface area (Å²) in [5, 5.41) is 5.38. The van der Waals surface area contributed by atoms with Crippen molar-refractivity contribution in [3.8, 4) is 50.2 Å². The minimum absolute atomic E-state index is 0.984. The van der Waals surface area contributed by atoms with Gasteiger partial charge in [-0.3, -0.25) is 4.57 Å². The van der Waals surface area contributed by atoms with Gasteiger partial charge in [0.1, 0.15) is 147 Å². The minimum Gasteiger partial charge on any atom is -0.296 e. The first kappa shape index (κ1) is 46.0. The maximum atomic E-state index is 5.10. The van der Waals surface area contributed by atoms with Crippen LogP contribution in [0.2, 0.25) is 0 Å². The van der Waals surface area contributed by atoms with Gasteiger partial charge in [0.25, 0.3) is 0 Å². The normalized spacial score (nSPS) is 11.6. The zero-order valence-corrected chi connectivity index (χ0v) is 43.2. The lowest BCUT2D eigenvalue weighted by molar-refractivity contribution is 1.00. The molecule has 1 aromatic heterocycles. The number of aromatic nitrogens is 2. The largest absolute Gasteiger partial charge is 0.296 e. The number of rotatable bonds is 5. The molecule has 0 bridgehead atoms. The number of para-hydroxylation sites is 3.